The summed E-state index contributed by atoms with van der Waals surface area (Å²) in [6.07, 6.45) is -5.60. The molecular weight excluding hydrogens is 291 g/mol. The lowest BCUT2D eigenvalue weighted by atomic mass is 10.0. The summed E-state index contributed by atoms with van der Waals surface area (Å²) in [6.45, 7) is 0. The molecule has 0 saturated carbocycles. The lowest BCUT2D eigenvalue weighted by Gasteiger charge is -2.10. The zero-order chi connectivity index (χ0) is 15.6. The highest BCUT2D eigenvalue weighted by Crippen LogP contribution is 2.30. The Labute approximate surface area is 116 Å². The van der Waals surface area contributed by atoms with Gasteiger partial charge in [0.1, 0.15) is 16.8 Å². The molecule has 112 valence electrons. The van der Waals surface area contributed by atoms with Gasteiger partial charge in [-0.2, -0.15) is 13.2 Å². The fraction of sp³-hybridized carbons (Fsp3) is 0.231. The molecule has 0 aliphatic heterocycles. The monoisotopic (exact) mass is 301 g/mol. The van der Waals surface area contributed by atoms with Gasteiger partial charge < -0.3 is 9.52 Å². The van der Waals surface area contributed by atoms with Gasteiger partial charge in [0.25, 0.3) is 0 Å². The van der Waals surface area contributed by atoms with Crippen LogP contribution in [-0.4, -0.2) is 10.0 Å². The van der Waals surface area contributed by atoms with Crippen molar-refractivity contribution in [1.82, 2.24) is 0 Å². The minimum atomic E-state index is -4.42. The Bertz CT molecular complexity index is 634. The number of halogens is 3. The summed E-state index contributed by atoms with van der Waals surface area (Å²) in [5.41, 5.74) is -0.330. The summed E-state index contributed by atoms with van der Waals surface area (Å²) in [5, 5.41) is 20.3. The van der Waals surface area contributed by atoms with Crippen LogP contribution < -0.4 is 0 Å². The molecule has 2 rings (SSSR count). The highest BCUT2D eigenvalue weighted by Gasteiger charge is 2.30. The normalized spacial score (nSPS) is 13.1. The number of nitrogens with zero attached hydrogens (tertiary/aromatic N) is 1. The molecule has 0 fully saturated rings. The zero-order valence-corrected chi connectivity index (χ0v) is 10.5. The van der Waals surface area contributed by atoms with Gasteiger partial charge in [-0.3, -0.25) is 10.1 Å². The second kappa shape index (κ2) is 5.57. The van der Waals surface area contributed by atoms with Gasteiger partial charge in [0.2, 0.25) is 0 Å². The first-order valence-electron chi connectivity index (χ1n) is 5.85. The number of benzene rings is 1. The van der Waals surface area contributed by atoms with E-state index >= 15 is 0 Å². The molecule has 21 heavy (non-hydrogen) atoms. The van der Waals surface area contributed by atoms with Crippen molar-refractivity contribution in [2.45, 2.75) is 18.7 Å². The Balaban J connectivity index is 2.08. The first-order chi connectivity index (χ1) is 9.77. The number of nitro groups is 1. The molecule has 1 atom stereocenters. The lowest BCUT2D eigenvalue weighted by molar-refractivity contribution is -0.402. The molecule has 0 saturated heterocycles. The van der Waals surface area contributed by atoms with E-state index in [4.69, 9.17) is 4.42 Å². The van der Waals surface area contributed by atoms with Crippen molar-refractivity contribution in [3.63, 3.8) is 0 Å². The minimum Gasteiger partial charge on any atom is -0.403 e. The van der Waals surface area contributed by atoms with Gasteiger partial charge in [0.05, 0.1) is 11.6 Å². The fourth-order valence-electron chi connectivity index (χ4n) is 1.77. The SMILES string of the molecule is O=[N+]([O-])c1ccc(C(O)Cc2ccc(C(F)(F)F)cc2)o1. The second-order valence-corrected chi connectivity index (χ2v) is 4.35. The van der Waals surface area contributed by atoms with E-state index in [1.807, 2.05) is 0 Å². The zero-order valence-electron chi connectivity index (χ0n) is 10.5. The van der Waals surface area contributed by atoms with Crippen LogP contribution >= 0.6 is 0 Å². The van der Waals surface area contributed by atoms with Crippen molar-refractivity contribution in [1.29, 1.82) is 0 Å². The third-order valence-corrected chi connectivity index (χ3v) is 2.83. The molecule has 5 nitrogen and oxygen atoms in total. The maximum absolute atomic E-state index is 12.4. The van der Waals surface area contributed by atoms with Crippen molar-refractivity contribution < 1.29 is 27.6 Å². The van der Waals surface area contributed by atoms with Gasteiger partial charge in [-0.15, -0.1) is 0 Å². The molecule has 0 amide bonds. The summed E-state index contributed by atoms with van der Waals surface area (Å²) in [7, 11) is 0. The summed E-state index contributed by atoms with van der Waals surface area (Å²) >= 11 is 0. The predicted octanol–water partition coefficient (Wildman–Crippen LogP) is 3.48. The topological polar surface area (TPSA) is 76.5 Å². The van der Waals surface area contributed by atoms with E-state index in [0.29, 0.717) is 5.56 Å². The molecule has 0 spiro atoms. The van der Waals surface area contributed by atoms with Gasteiger partial charge >= 0.3 is 12.1 Å². The molecule has 0 aliphatic carbocycles. The number of furan rings is 1. The third-order valence-electron chi connectivity index (χ3n) is 2.83. The first kappa shape index (κ1) is 15.0. The molecular formula is C13H10F3NO4. The molecule has 1 aromatic heterocycles. The first-order valence-corrected chi connectivity index (χ1v) is 5.85. The van der Waals surface area contributed by atoms with Gasteiger partial charge in [-0.05, 0) is 23.8 Å². The van der Waals surface area contributed by atoms with Crippen LogP contribution in [0.3, 0.4) is 0 Å². The number of alkyl halides is 3. The van der Waals surface area contributed by atoms with Crippen molar-refractivity contribution in [3.05, 3.63) is 63.4 Å². The Hall–Kier alpha value is -2.35. The van der Waals surface area contributed by atoms with Crippen LogP contribution in [0.25, 0.3) is 0 Å². The molecule has 8 heteroatoms. The van der Waals surface area contributed by atoms with Crippen LogP contribution in [0, 0.1) is 10.1 Å². The van der Waals surface area contributed by atoms with Crippen LogP contribution in [0.2, 0.25) is 0 Å². The summed E-state index contributed by atoms with van der Waals surface area (Å²) in [4.78, 5) is 9.71. The number of rotatable bonds is 4. The maximum atomic E-state index is 12.4. The number of hydrogen-bond donors (Lipinski definition) is 1. The van der Waals surface area contributed by atoms with E-state index in [1.165, 1.54) is 18.2 Å². The Morgan fingerprint density at radius 2 is 1.81 bits per heavy atom. The average molecular weight is 301 g/mol. The van der Waals surface area contributed by atoms with E-state index < -0.39 is 28.7 Å². The standard InChI is InChI=1S/C13H10F3NO4/c14-13(15,16)9-3-1-8(2-4-9)7-10(18)11-5-6-12(21-11)17(19)20/h1-6,10,18H,7H2. The fourth-order valence-corrected chi connectivity index (χ4v) is 1.77. The Morgan fingerprint density at radius 1 is 1.19 bits per heavy atom. The molecule has 0 bridgehead atoms. The molecule has 1 heterocycles. The average Bonchev–Trinajstić information content (AvgIpc) is 2.88. The summed E-state index contributed by atoms with van der Waals surface area (Å²) < 4.78 is 42.0. The lowest BCUT2D eigenvalue weighted by Crippen LogP contribution is -2.05. The van der Waals surface area contributed by atoms with Crippen LogP contribution in [0.5, 0.6) is 0 Å². The largest absolute Gasteiger partial charge is 0.433 e. The quantitative estimate of drug-likeness (QED) is 0.693. The molecule has 1 aromatic carbocycles. The molecule has 2 aromatic rings. The van der Waals surface area contributed by atoms with E-state index in [0.717, 1.165) is 18.2 Å². The van der Waals surface area contributed by atoms with Crippen molar-refractivity contribution >= 4 is 5.88 Å². The van der Waals surface area contributed by atoms with Crippen molar-refractivity contribution in [3.8, 4) is 0 Å². The minimum absolute atomic E-state index is 0.0111. The van der Waals surface area contributed by atoms with E-state index in [1.54, 1.807) is 0 Å². The van der Waals surface area contributed by atoms with Gasteiger partial charge in [-0.1, -0.05) is 12.1 Å². The van der Waals surface area contributed by atoms with Crippen LogP contribution in [0.4, 0.5) is 19.1 Å². The maximum Gasteiger partial charge on any atom is 0.433 e. The highest BCUT2D eigenvalue weighted by atomic mass is 19.4. The van der Waals surface area contributed by atoms with E-state index in [9.17, 15) is 28.4 Å². The van der Waals surface area contributed by atoms with E-state index in [-0.39, 0.29) is 12.2 Å². The van der Waals surface area contributed by atoms with Gasteiger partial charge in [0.15, 0.2) is 0 Å². The number of aliphatic hydroxyl groups excluding tert-OH is 1. The van der Waals surface area contributed by atoms with Gasteiger partial charge in [-0.25, -0.2) is 0 Å². The molecule has 1 N–H and O–H groups in total. The van der Waals surface area contributed by atoms with Crippen LogP contribution in [0.15, 0.2) is 40.8 Å². The summed E-state index contributed by atoms with van der Waals surface area (Å²) in [6, 6.07) is 6.66. The second-order valence-electron chi connectivity index (χ2n) is 4.35. The highest BCUT2D eigenvalue weighted by molar-refractivity contribution is 5.26. The molecule has 0 aliphatic rings. The smallest absolute Gasteiger partial charge is 0.403 e. The van der Waals surface area contributed by atoms with Crippen LogP contribution in [0.1, 0.15) is 23.0 Å². The predicted molar refractivity (Wildman–Crippen MR) is 65.5 cm³/mol. The Kier molecular flexibility index (Phi) is 3.99. The van der Waals surface area contributed by atoms with Gasteiger partial charge in [0, 0.05) is 6.42 Å². The van der Waals surface area contributed by atoms with Crippen molar-refractivity contribution in [2.24, 2.45) is 0 Å². The summed E-state index contributed by atoms with van der Waals surface area (Å²) in [5.74, 6) is -0.516. The number of hydrogen-bond acceptors (Lipinski definition) is 4. The Morgan fingerprint density at radius 3 is 2.29 bits per heavy atom. The molecule has 0 radical (unpaired) electrons. The van der Waals surface area contributed by atoms with Crippen molar-refractivity contribution in [2.75, 3.05) is 0 Å². The van der Waals surface area contributed by atoms with E-state index in [2.05, 4.69) is 0 Å². The number of aliphatic hydroxyl groups is 1. The molecule has 1 unspecified atom stereocenters. The third kappa shape index (κ3) is 3.60. The van der Waals surface area contributed by atoms with Crippen LogP contribution in [-0.2, 0) is 12.6 Å².